The van der Waals surface area contributed by atoms with Gasteiger partial charge in [-0.1, -0.05) is 5.16 Å². The second-order valence-electron chi connectivity index (χ2n) is 2.42. The molecule has 4 nitrogen and oxygen atoms in total. The lowest BCUT2D eigenvalue weighted by Gasteiger charge is -1.90. The lowest BCUT2D eigenvalue weighted by molar-refractivity contribution is 0.280. The number of unbranched alkanes of at least 4 members (excludes halogenated alkanes) is 1. The first-order valence-electron chi connectivity index (χ1n) is 3.73. The molecule has 0 amide bonds. The predicted molar refractivity (Wildman–Crippen MR) is 39.1 cm³/mol. The summed E-state index contributed by atoms with van der Waals surface area (Å²) in [6.07, 6.45) is 2.46. The van der Waals surface area contributed by atoms with E-state index in [-0.39, 0.29) is 6.61 Å². The van der Waals surface area contributed by atoms with Gasteiger partial charge in [0.05, 0.1) is 0 Å². The molecule has 11 heavy (non-hydrogen) atoms. The highest BCUT2D eigenvalue weighted by molar-refractivity contribution is 4.82. The van der Waals surface area contributed by atoms with E-state index in [4.69, 9.17) is 9.63 Å². The molecule has 62 valence electrons. The van der Waals surface area contributed by atoms with Crippen LogP contribution in [-0.4, -0.2) is 21.9 Å². The molecule has 0 fully saturated rings. The van der Waals surface area contributed by atoms with Gasteiger partial charge in [0.1, 0.15) is 0 Å². The van der Waals surface area contributed by atoms with Crippen molar-refractivity contribution in [1.82, 2.24) is 10.1 Å². The number of aliphatic hydroxyl groups excluding tert-OH is 1. The number of aromatic nitrogens is 2. The monoisotopic (exact) mass is 156 g/mol. The average Bonchev–Trinajstić information content (AvgIpc) is 2.37. The standard InChI is InChI=1S/C7H12N2O2/c1-6-8-7(11-9-6)4-2-3-5-10/h10H,2-5H2,1H3. The van der Waals surface area contributed by atoms with Gasteiger partial charge < -0.3 is 9.63 Å². The maximum Gasteiger partial charge on any atom is 0.226 e. The topological polar surface area (TPSA) is 59.2 Å². The van der Waals surface area contributed by atoms with E-state index in [1.165, 1.54) is 0 Å². The molecule has 0 aliphatic carbocycles. The Bertz CT molecular complexity index is 210. The molecule has 0 unspecified atom stereocenters. The largest absolute Gasteiger partial charge is 0.396 e. The van der Waals surface area contributed by atoms with E-state index >= 15 is 0 Å². The van der Waals surface area contributed by atoms with Crippen molar-refractivity contribution in [1.29, 1.82) is 0 Å². The van der Waals surface area contributed by atoms with Crippen molar-refractivity contribution in [2.24, 2.45) is 0 Å². The third kappa shape index (κ3) is 2.67. The number of hydrogen-bond donors (Lipinski definition) is 1. The molecule has 1 aromatic heterocycles. The van der Waals surface area contributed by atoms with Crippen molar-refractivity contribution in [3.05, 3.63) is 11.7 Å². The summed E-state index contributed by atoms with van der Waals surface area (Å²) in [5.41, 5.74) is 0. The molecule has 4 heteroatoms. The van der Waals surface area contributed by atoms with E-state index in [1.807, 2.05) is 0 Å². The molecular formula is C7H12N2O2. The molecule has 1 heterocycles. The van der Waals surface area contributed by atoms with Gasteiger partial charge in [0, 0.05) is 13.0 Å². The lowest BCUT2D eigenvalue weighted by Crippen LogP contribution is -1.88. The molecule has 1 aromatic rings. The quantitative estimate of drug-likeness (QED) is 0.651. The Labute approximate surface area is 65.2 Å². The van der Waals surface area contributed by atoms with Crippen molar-refractivity contribution in [3.63, 3.8) is 0 Å². The maximum atomic E-state index is 8.48. The Balaban J connectivity index is 2.27. The maximum absolute atomic E-state index is 8.48. The fourth-order valence-electron chi connectivity index (χ4n) is 0.830. The Kier molecular flexibility index (Phi) is 3.04. The molecule has 0 aromatic carbocycles. The highest BCUT2D eigenvalue weighted by Crippen LogP contribution is 2.01. The van der Waals surface area contributed by atoms with Gasteiger partial charge in [-0.25, -0.2) is 0 Å². The van der Waals surface area contributed by atoms with E-state index in [9.17, 15) is 0 Å². The SMILES string of the molecule is Cc1noc(CCCCO)n1. The van der Waals surface area contributed by atoms with Crippen LogP contribution in [0.4, 0.5) is 0 Å². The van der Waals surface area contributed by atoms with E-state index in [1.54, 1.807) is 6.92 Å². The molecule has 0 saturated carbocycles. The average molecular weight is 156 g/mol. The fraction of sp³-hybridized carbons (Fsp3) is 0.714. The number of hydrogen-bond acceptors (Lipinski definition) is 4. The van der Waals surface area contributed by atoms with E-state index in [0.717, 1.165) is 19.3 Å². The smallest absolute Gasteiger partial charge is 0.226 e. The van der Waals surface area contributed by atoms with Gasteiger partial charge in [-0.2, -0.15) is 4.98 Å². The first-order valence-corrected chi connectivity index (χ1v) is 3.73. The Morgan fingerprint density at radius 1 is 1.45 bits per heavy atom. The zero-order valence-electron chi connectivity index (χ0n) is 6.58. The van der Waals surface area contributed by atoms with E-state index < -0.39 is 0 Å². The molecule has 0 spiro atoms. The molecular weight excluding hydrogens is 144 g/mol. The van der Waals surface area contributed by atoms with E-state index in [2.05, 4.69) is 10.1 Å². The third-order valence-electron chi connectivity index (χ3n) is 1.37. The minimum absolute atomic E-state index is 0.229. The van der Waals surface area contributed by atoms with Crippen LogP contribution in [0.5, 0.6) is 0 Å². The molecule has 0 radical (unpaired) electrons. The summed E-state index contributed by atoms with van der Waals surface area (Å²) in [7, 11) is 0. The number of rotatable bonds is 4. The number of nitrogens with zero attached hydrogens (tertiary/aromatic N) is 2. The summed E-state index contributed by atoms with van der Waals surface area (Å²) in [5, 5.41) is 12.1. The molecule has 0 atom stereocenters. The second kappa shape index (κ2) is 4.08. The Morgan fingerprint density at radius 2 is 2.27 bits per heavy atom. The van der Waals surface area contributed by atoms with Crippen LogP contribution in [0.3, 0.4) is 0 Å². The van der Waals surface area contributed by atoms with Crippen LogP contribution < -0.4 is 0 Å². The molecule has 0 bridgehead atoms. The van der Waals surface area contributed by atoms with Crippen molar-refractivity contribution in [2.45, 2.75) is 26.2 Å². The molecule has 0 aliphatic heterocycles. The normalized spacial score (nSPS) is 10.4. The lowest BCUT2D eigenvalue weighted by atomic mass is 10.2. The minimum atomic E-state index is 0.229. The van der Waals surface area contributed by atoms with Crippen molar-refractivity contribution >= 4 is 0 Å². The van der Waals surface area contributed by atoms with Crippen molar-refractivity contribution in [2.75, 3.05) is 6.61 Å². The number of aliphatic hydroxyl groups is 1. The van der Waals surface area contributed by atoms with Gasteiger partial charge in [0.25, 0.3) is 0 Å². The van der Waals surface area contributed by atoms with Gasteiger partial charge in [0.15, 0.2) is 5.82 Å². The van der Waals surface area contributed by atoms with Crippen LogP contribution in [0, 0.1) is 6.92 Å². The summed E-state index contributed by atoms with van der Waals surface area (Å²) < 4.78 is 4.87. The zero-order chi connectivity index (χ0) is 8.10. The van der Waals surface area contributed by atoms with Gasteiger partial charge in [-0.3, -0.25) is 0 Å². The van der Waals surface area contributed by atoms with Gasteiger partial charge >= 0.3 is 0 Å². The van der Waals surface area contributed by atoms with Gasteiger partial charge in [-0.15, -0.1) is 0 Å². The highest BCUT2D eigenvalue weighted by Gasteiger charge is 2.00. The first kappa shape index (κ1) is 8.20. The van der Waals surface area contributed by atoms with Crippen molar-refractivity contribution < 1.29 is 9.63 Å². The zero-order valence-corrected chi connectivity index (χ0v) is 6.58. The van der Waals surface area contributed by atoms with E-state index in [0.29, 0.717) is 11.7 Å². The molecule has 1 N–H and O–H groups in total. The Morgan fingerprint density at radius 3 is 2.82 bits per heavy atom. The van der Waals surface area contributed by atoms with Crippen LogP contribution in [0.25, 0.3) is 0 Å². The Hall–Kier alpha value is -0.900. The fourth-order valence-corrected chi connectivity index (χ4v) is 0.830. The van der Waals surface area contributed by atoms with Crippen LogP contribution >= 0.6 is 0 Å². The minimum Gasteiger partial charge on any atom is -0.396 e. The van der Waals surface area contributed by atoms with Crippen molar-refractivity contribution in [3.8, 4) is 0 Å². The molecule has 0 saturated heterocycles. The summed E-state index contributed by atoms with van der Waals surface area (Å²) in [5.74, 6) is 1.33. The van der Waals surface area contributed by atoms with Gasteiger partial charge in [-0.05, 0) is 19.8 Å². The molecule has 0 aliphatic rings. The molecule has 1 rings (SSSR count). The summed E-state index contributed by atoms with van der Waals surface area (Å²) in [4.78, 5) is 4.02. The van der Waals surface area contributed by atoms with Crippen LogP contribution in [0.2, 0.25) is 0 Å². The summed E-state index contributed by atoms with van der Waals surface area (Å²) in [6, 6.07) is 0. The third-order valence-corrected chi connectivity index (χ3v) is 1.37. The predicted octanol–water partition coefficient (Wildman–Crippen LogP) is 0.693. The van der Waals surface area contributed by atoms with Crippen LogP contribution in [-0.2, 0) is 6.42 Å². The van der Waals surface area contributed by atoms with Crippen LogP contribution in [0.1, 0.15) is 24.6 Å². The summed E-state index contributed by atoms with van der Waals surface area (Å²) >= 11 is 0. The van der Waals surface area contributed by atoms with Crippen LogP contribution in [0.15, 0.2) is 4.52 Å². The second-order valence-corrected chi connectivity index (χ2v) is 2.42. The first-order chi connectivity index (χ1) is 5.33. The highest BCUT2D eigenvalue weighted by atomic mass is 16.5. The van der Waals surface area contributed by atoms with Gasteiger partial charge in [0.2, 0.25) is 5.89 Å². The summed E-state index contributed by atoms with van der Waals surface area (Å²) in [6.45, 7) is 2.02. The number of aryl methyl sites for hydroxylation is 2.